The molecule has 0 unspecified atom stereocenters. The standard InChI is InChI=1S/C23H14BrFO4/c1-13-9-18(28-23(27)15-5-7-16(24)8-6-15)12-19-21(13)22(26)20(29-19)11-14-3-2-4-17(25)10-14/h2-12H,1H3/b20-11-. The molecule has 0 radical (unpaired) electrons. The fourth-order valence-corrected chi connectivity index (χ4v) is 3.30. The predicted octanol–water partition coefficient (Wildman–Crippen LogP) is 5.73. The van der Waals surface area contributed by atoms with Crippen LogP contribution in [0.1, 0.15) is 31.8 Å². The van der Waals surface area contributed by atoms with Crippen molar-refractivity contribution in [2.75, 3.05) is 0 Å². The fraction of sp³-hybridized carbons (Fsp3) is 0.0435. The number of benzene rings is 3. The summed E-state index contributed by atoms with van der Waals surface area (Å²) < 4.78 is 25.4. The summed E-state index contributed by atoms with van der Waals surface area (Å²) in [4.78, 5) is 25.0. The highest BCUT2D eigenvalue weighted by molar-refractivity contribution is 9.10. The zero-order valence-electron chi connectivity index (χ0n) is 15.2. The van der Waals surface area contributed by atoms with Gasteiger partial charge in [-0.3, -0.25) is 4.79 Å². The first-order valence-electron chi connectivity index (χ1n) is 8.73. The second kappa shape index (κ2) is 7.64. The number of rotatable bonds is 3. The number of hydrogen-bond acceptors (Lipinski definition) is 4. The number of esters is 1. The molecule has 4 nitrogen and oxygen atoms in total. The Kier molecular flexibility index (Phi) is 5.03. The van der Waals surface area contributed by atoms with Crippen molar-refractivity contribution in [1.82, 2.24) is 0 Å². The van der Waals surface area contributed by atoms with Crippen LogP contribution in [0.2, 0.25) is 0 Å². The van der Waals surface area contributed by atoms with Crippen LogP contribution in [0.3, 0.4) is 0 Å². The number of carbonyl (C=O) groups is 2. The van der Waals surface area contributed by atoms with Crippen LogP contribution >= 0.6 is 15.9 Å². The van der Waals surface area contributed by atoms with Crippen molar-refractivity contribution in [3.8, 4) is 11.5 Å². The van der Waals surface area contributed by atoms with Gasteiger partial charge >= 0.3 is 5.97 Å². The second-order valence-electron chi connectivity index (χ2n) is 6.50. The van der Waals surface area contributed by atoms with Crippen LogP contribution in [0.4, 0.5) is 4.39 Å². The van der Waals surface area contributed by atoms with Gasteiger partial charge in [0.25, 0.3) is 0 Å². The van der Waals surface area contributed by atoms with Crippen LogP contribution < -0.4 is 9.47 Å². The number of ketones is 1. The van der Waals surface area contributed by atoms with Gasteiger partial charge in [-0.05, 0) is 66.6 Å². The maximum atomic E-state index is 13.4. The van der Waals surface area contributed by atoms with Crippen molar-refractivity contribution in [2.24, 2.45) is 0 Å². The van der Waals surface area contributed by atoms with Gasteiger partial charge in [-0.25, -0.2) is 9.18 Å². The Morgan fingerprint density at radius 2 is 1.86 bits per heavy atom. The van der Waals surface area contributed by atoms with Gasteiger partial charge in [0.2, 0.25) is 5.78 Å². The average molecular weight is 453 g/mol. The lowest BCUT2D eigenvalue weighted by molar-refractivity contribution is 0.0734. The highest BCUT2D eigenvalue weighted by Crippen LogP contribution is 2.37. The highest BCUT2D eigenvalue weighted by atomic mass is 79.9. The molecule has 0 spiro atoms. The lowest BCUT2D eigenvalue weighted by atomic mass is 10.0. The highest BCUT2D eigenvalue weighted by Gasteiger charge is 2.30. The number of ether oxygens (including phenoxy) is 2. The molecule has 1 aliphatic heterocycles. The Morgan fingerprint density at radius 3 is 2.59 bits per heavy atom. The molecule has 29 heavy (non-hydrogen) atoms. The van der Waals surface area contributed by atoms with Gasteiger partial charge in [-0.2, -0.15) is 0 Å². The molecule has 1 heterocycles. The Labute approximate surface area is 174 Å². The van der Waals surface area contributed by atoms with Gasteiger partial charge in [-0.1, -0.05) is 28.1 Å². The first-order chi connectivity index (χ1) is 13.9. The van der Waals surface area contributed by atoms with Crippen LogP contribution in [0.25, 0.3) is 6.08 Å². The first kappa shape index (κ1) is 19.1. The Bertz CT molecular complexity index is 1170. The van der Waals surface area contributed by atoms with E-state index in [2.05, 4.69) is 15.9 Å². The van der Waals surface area contributed by atoms with Crippen LogP contribution in [-0.4, -0.2) is 11.8 Å². The Morgan fingerprint density at radius 1 is 1.10 bits per heavy atom. The fourth-order valence-electron chi connectivity index (χ4n) is 3.04. The van der Waals surface area contributed by atoms with Crippen molar-refractivity contribution < 1.29 is 23.5 Å². The molecule has 0 atom stereocenters. The van der Waals surface area contributed by atoms with Gasteiger partial charge in [0, 0.05) is 10.5 Å². The number of aryl methyl sites for hydroxylation is 1. The quantitative estimate of drug-likeness (QED) is 0.289. The molecule has 0 aliphatic carbocycles. The first-order valence-corrected chi connectivity index (χ1v) is 9.52. The SMILES string of the molecule is Cc1cc(OC(=O)c2ccc(Br)cc2)cc2c1C(=O)/C(=C/c1cccc(F)c1)O2. The number of Topliss-reactive ketones (excluding diaryl/α,β-unsaturated/α-hetero) is 1. The van der Waals surface area contributed by atoms with Crippen molar-refractivity contribution in [3.63, 3.8) is 0 Å². The summed E-state index contributed by atoms with van der Waals surface area (Å²) in [5, 5.41) is 0. The van der Waals surface area contributed by atoms with Gasteiger partial charge in [0.1, 0.15) is 17.3 Å². The predicted molar refractivity (Wildman–Crippen MR) is 110 cm³/mol. The van der Waals surface area contributed by atoms with Crippen LogP contribution in [0, 0.1) is 12.7 Å². The summed E-state index contributed by atoms with van der Waals surface area (Å²) in [7, 11) is 0. The summed E-state index contributed by atoms with van der Waals surface area (Å²) in [5.74, 6) is -0.555. The molecule has 6 heteroatoms. The minimum Gasteiger partial charge on any atom is -0.452 e. The molecular formula is C23H14BrFO4. The molecule has 0 aromatic heterocycles. The maximum absolute atomic E-state index is 13.4. The minimum absolute atomic E-state index is 0.0880. The van der Waals surface area contributed by atoms with E-state index in [1.54, 1.807) is 49.4 Å². The summed E-state index contributed by atoms with van der Waals surface area (Å²) >= 11 is 3.32. The third kappa shape index (κ3) is 3.98. The van der Waals surface area contributed by atoms with Gasteiger partial charge in [0.15, 0.2) is 5.76 Å². The third-order valence-corrected chi connectivity index (χ3v) is 4.91. The van der Waals surface area contributed by atoms with Crippen LogP contribution in [-0.2, 0) is 0 Å². The van der Waals surface area contributed by atoms with Gasteiger partial charge in [0.05, 0.1) is 11.1 Å². The van der Waals surface area contributed by atoms with Crippen molar-refractivity contribution in [1.29, 1.82) is 0 Å². The Balaban J connectivity index is 1.60. The van der Waals surface area contributed by atoms with Gasteiger partial charge < -0.3 is 9.47 Å². The van der Waals surface area contributed by atoms with E-state index < -0.39 is 11.8 Å². The molecule has 0 N–H and O–H groups in total. The van der Waals surface area contributed by atoms with E-state index in [0.717, 1.165) is 4.47 Å². The average Bonchev–Trinajstić information content (AvgIpc) is 2.98. The van der Waals surface area contributed by atoms with Crippen molar-refractivity contribution >= 4 is 33.8 Å². The number of carbonyl (C=O) groups excluding carboxylic acids is 2. The monoisotopic (exact) mass is 452 g/mol. The largest absolute Gasteiger partial charge is 0.452 e. The minimum atomic E-state index is -0.517. The normalized spacial score (nSPS) is 13.9. The van der Waals surface area contributed by atoms with Gasteiger partial charge in [-0.15, -0.1) is 0 Å². The van der Waals surface area contributed by atoms with E-state index in [1.165, 1.54) is 24.3 Å². The Hall–Kier alpha value is -3.25. The summed E-state index contributed by atoms with van der Waals surface area (Å²) in [6, 6.07) is 15.8. The van der Waals surface area contributed by atoms with Crippen molar-refractivity contribution in [2.45, 2.75) is 6.92 Å². The van der Waals surface area contributed by atoms with Crippen molar-refractivity contribution in [3.05, 3.63) is 99.0 Å². The molecule has 0 saturated heterocycles. The zero-order chi connectivity index (χ0) is 20.5. The van der Waals surface area contributed by atoms with E-state index in [-0.39, 0.29) is 17.3 Å². The number of allylic oxidation sites excluding steroid dienone is 1. The topological polar surface area (TPSA) is 52.6 Å². The molecule has 3 aromatic rings. The zero-order valence-corrected chi connectivity index (χ0v) is 16.8. The molecule has 144 valence electrons. The van der Waals surface area contributed by atoms with Crippen LogP contribution in [0.5, 0.6) is 11.5 Å². The maximum Gasteiger partial charge on any atom is 0.343 e. The van der Waals surface area contributed by atoms with E-state index in [9.17, 15) is 14.0 Å². The molecule has 0 bridgehead atoms. The molecule has 4 rings (SSSR count). The molecule has 1 aliphatic rings. The van der Waals surface area contributed by atoms with E-state index in [0.29, 0.717) is 28.0 Å². The number of fused-ring (bicyclic) bond motifs is 1. The second-order valence-corrected chi connectivity index (χ2v) is 7.42. The third-order valence-electron chi connectivity index (χ3n) is 4.38. The summed E-state index contributed by atoms with van der Waals surface area (Å²) in [6.45, 7) is 1.74. The number of halogens is 2. The molecule has 3 aromatic carbocycles. The molecule has 0 saturated carbocycles. The summed E-state index contributed by atoms with van der Waals surface area (Å²) in [6.07, 6.45) is 1.48. The van der Waals surface area contributed by atoms with E-state index >= 15 is 0 Å². The van der Waals surface area contributed by atoms with E-state index in [4.69, 9.17) is 9.47 Å². The lowest BCUT2D eigenvalue weighted by Gasteiger charge is -2.08. The lowest BCUT2D eigenvalue weighted by Crippen LogP contribution is -2.08. The molecular weight excluding hydrogens is 439 g/mol. The summed E-state index contributed by atoms with van der Waals surface area (Å²) in [5.41, 5.74) is 1.93. The smallest absolute Gasteiger partial charge is 0.343 e. The van der Waals surface area contributed by atoms with Crippen LogP contribution in [0.15, 0.2) is 70.9 Å². The van der Waals surface area contributed by atoms with E-state index in [1.807, 2.05) is 0 Å². The molecule has 0 amide bonds. The number of hydrogen-bond donors (Lipinski definition) is 0. The molecule has 0 fully saturated rings.